The fraction of sp³-hybridized carbons (Fsp3) is 0.0286. The molecule has 3 N–H and O–H groups in total. The fourth-order valence-corrected chi connectivity index (χ4v) is 6.83. The van der Waals surface area contributed by atoms with E-state index in [9.17, 15) is 19.5 Å². The molecule has 0 spiro atoms. The molecule has 6 aromatic rings. The Bertz CT molecular complexity index is 2030. The smallest absolute Gasteiger partial charge is 0.336 e. The van der Waals surface area contributed by atoms with Crippen molar-refractivity contribution in [3.63, 3.8) is 0 Å². The van der Waals surface area contributed by atoms with Crippen molar-refractivity contribution < 1.29 is 19.5 Å². The zero-order valence-corrected chi connectivity index (χ0v) is 25.8. The number of thioether (sulfide) groups is 1. The van der Waals surface area contributed by atoms with E-state index in [0.717, 1.165) is 16.0 Å². The van der Waals surface area contributed by atoms with Crippen LogP contribution in [0, 0.1) is 0 Å². The number of hydrogen-bond donors (Lipinski definition) is 3. The number of nitrogens with one attached hydrogen (secondary N) is 2. The zero-order chi connectivity index (χ0) is 31.3. The largest absolute Gasteiger partial charge is 0.478 e. The maximum Gasteiger partial charge on any atom is 0.336 e. The second-order valence-corrected chi connectivity index (χ2v) is 12.4. The molecule has 1 aromatic heterocycles. The summed E-state index contributed by atoms with van der Waals surface area (Å²) in [5.41, 5.74) is 3.16. The maximum atomic E-state index is 13.6. The van der Waals surface area contributed by atoms with Gasteiger partial charge in [0, 0.05) is 37.5 Å². The number of carbonyl (C=O) groups excluding carboxylic acids is 2. The molecule has 6 rings (SSSR count). The second-order valence-electron chi connectivity index (χ2n) is 9.91. The SMILES string of the molecule is O=C(O)c1cccc2cccc(C(=O)Nc3ccc(SC(C(=O)Nc4nc(-c5ccccc5Cl)cs4)c4ccccc4)cc3)c12. The van der Waals surface area contributed by atoms with Gasteiger partial charge in [-0.05, 0) is 53.4 Å². The van der Waals surface area contributed by atoms with Crippen LogP contribution in [0.15, 0.2) is 126 Å². The van der Waals surface area contributed by atoms with Gasteiger partial charge in [-0.1, -0.05) is 84.4 Å². The van der Waals surface area contributed by atoms with Crippen molar-refractivity contribution in [3.05, 3.63) is 142 Å². The van der Waals surface area contributed by atoms with E-state index in [-0.39, 0.29) is 17.0 Å². The number of benzene rings is 5. The first kappa shape index (κ1) is 30.1. The van der Waals surface area contributed by atoms with Crippen LogP contribution in [0.3, 0.4) is 0 Å². The standard InChI is InChI=1S/C35H24ClN3O4S2/c36-28-15-5-4-12-25(28)29-20-44-35(38-29)39-33(41)31(22-8-2-1-3-9-22)45-24-18-16-23(17-19-24)37-32(40)26-13-6-10-21-11-7-14-27(30(21)26)34(42)43/h1-20,31H,(H,37,40)(H,42,43)(H,38,39,41). The van der Waals surface area contributed by atoms with Gasteiger partial charge in [-0.3, -0.25) is 9.59 Å². The summed E-state index contributed by atoms with van der Waals surface area (Å²) in [7, 11) is 0. The Morgan fingerprint density at radius 3 is 2.18 bits per heavy atom. The third-order valence-corrected chi connectivity index (χ3v) is 9.32. The fourth-order valence-electron chi connectivity index (χ4n) is 4.86. The minimum Gasteiger partial charge on any atom is -0.478 e. The van der Waals surface area contributed by atoms with Gasteiger partial charge >= 0.3 is 5.97 Å². The first-order valence-corrected chi connectivity index (χ1v) is 15.9. The van der Waals surface area contributed by atoms with Gasteiger partial charge in [0.25, 0.3) is 5.91 Å². The molecule has 0 fully saturated rings. The summed E-state index contributed by atoms with van der Waals surface area (Å²) in [6.45, 7) is 0. The summed E-state index contributed by atoms with van der Waals surface area (Å²) in [6.07, 6.45) is 0. The third-order valence-electron chi connectivity index (χ3n) is 6.97. The second kappa shape index (κ2) is 13.4. The van der Waals surface area contributed by atoms with Gasteiger partial charge in [0.1, 0.15) is 5.25 Å². The van der Waals surface area contributed by atoms with Crippen LogP contribution in [-0.2, 0) is 4.79 Å². The summed E-state index contributed by atoms with van der Waals surface area (Å²) in [6, 6.07) is 34.1. The first-order valence-electron chi connectivity index (χ1n) is 13.8. The highest BCUT2D eigenvalue weighted by Gasteiger charge is 2.24. The molecule has 222 valence electrons. The molecule has 0 aliphatic rings. The van der Waals surface area contributed by atoms with Crippen LogP contribution >= 0.6 is 34.7 Å². The van der Waals surface area contributed by atoms with Gasteiger partial charge in [0.2, 0.25) is 5.91 Å². The van der Waals surface area contributed by atoms with Crippen LogP contribution in [-0.4, -0.2) is 27.9 Å². The summed E-state index contributed by atoms with van der Waals surface area (Å²) in [5, 5.41) is 18.9. The van der Waals surface area contributed by atoms with E-state index in [2.05, 4.69) is 15.6 Å². The lowest BCUT2D eigenvalue weighted by Crippen LogP contribution is -2.19. The number of thiazole rings is 1. The number of nitrogens with zero attached hydrogens (tertiary/aromatic N) is 1. The Morgan fingerprint density at radius 1 is 0.778 bits per heavy atom. The maximum absolute atomic E-state index is 13.6. The molecular formula is C35H24ClN3O4S2. The lowest BCUT2D eigenvalue weighted by Gasteiger charge is -2.16. The van der Waals surface area contributed by atoms with E-state index in [1.165, 1.54) is 29.2 Å². The van der Waals surface area contributed by atoms with E-state index in [0.29, 0.717) is 32.3 Å². The van der Waals surface area contributed by atoms with Crippen LogP contribution in [0.4, 0.5) is 10.8 Å². The quantitative estimate of drug-likeness (QED) is 0.135. The number of aromatic nitrogens is 1. The lowest BCUT2D eigenvalue weighted by atomic mass is 9.98. The lowest BCUT2D eigenvalue weighted by molar-refractivity contribution is -0.115. The van der Waals surface area contributed by atoms with Crippen LogP contribution < -0.4 is 10.6 Å². The molecule has 1 heterocycles. The number of carboxylic acid groups (broad SMARTS) is 1. The number of fused-ring (bicyclic) bond motifs is 1. The first-order chi connectivity index (χ1) is 21.9. The number of halogens is 1. The topological polar surface area (TPSA) is 108 Å². The van der Waals surface area contributed by atoms with Crippen LogP contribution in [0.1, 0.15) is 31.5 Å². The van der Waals surface area contributed by atoms with Gasteiger partial charge in [0.05, 0.1) is 11.3 Å². The number of anilines is 2. The Kier molecular flexibility index (Phi) is 8.93. The van der Waals surface area contributed by atoms with Crippen molar-refractivity contribution >= 4 is 74.1 Å². The summed E-state index contributed by atoms with van der Waals surface area (Å²) >= 11 is 9.03. The van der Waals surface area contributed by atoms with Gasteiger partial charge in [-0.2, -0.15) is 0 Å². The van der Waals surface area contributed by atoms with Gasteiger partial charge in [0.15, 0.2) is 5.13 Å². The Labute approximate surface area is 271 Å². The molecule has 0 bridgehead atoms. The predicted molar refractivity (Wildman–Crippen MR) is 182 cm³/mol. The van der Waals surface area contributed by atoms with Crippen molar-refractivity contribution in [2.45, 2.75) is 10.1 Å². The Morgan fingerprint density at radius 2 is 1.47 bits per heavy atom. The Hall–Kier alpha value is -4.96. The molecule has 5 aromatic carbocycles. The normalized spacial score (nSPS) is 11.6. The van der Waals surface area contributed by atoms with Crippen LogP contribution in [0.25, 0.3) is 22.0 Å². The molecule has 7 nitrogen and oxygen atoms in total. The summed E-state index contributed by atoms with van der Waals surface area (Å²) in [5.74, 6) is -1.75. The van der Waals surface area contributed by atoms with E-state index in [1.54, 1.807) is 48.5 Å². The highest BCUT2D eigenvalue weighted by Crippen LogP contribution is 2.38. The molecule has 10 heteroatoms. The molecule has 0 saturated carbocycles. The number of carboxylic acids is 1. The molecule has 1 atom stereocenters. The molecule has 0 aliphatic heterocycles. The third kappa shape index (κ3) is 6.76. The van der Waals surface area contributed by atoms with Gasteiger partial charge < -0.3 is 15.7 Å². The van der Waals surface area contributed by atoms with Gasteiger partial charge in [-0.15, -0.1) is 23.1 Å². The van der Waals surface area contributed by atoms with Crippen molar-refractivity contribution in [1.82, 2.24) is 4.98 Å². The molecule has 1 unspecified atom stereocenters. The van der Waals surface area contributed by atoms with E-state index >= 15 is 0 Å². The number of hydrogen-bond acceptors (Lipinski definition) is 6. The average molecular weight is 650 g/mol. The molecule has 0 saturated heterocycles. The van der Waals surface area contributed by atoms with E-state index in [4.69, 9.17) is 11.6 Å². The highest BCUT2D eigenvalue weighted by molar-refractivity contribution is 8.00. The molecule has 0 radical (unpaired) electrons. The van der Waals surface area contributed by atoms with Gasteiger partial charge in [-0.25, -0.2) is 9.78 Å². The highest BCUT2D eigenvalue weighted by atomic mass is 35.5. The van der Waals surface area contributed by atoms with E-state index < -0.39 is 17.1 Å². The minimum atomic E-state index is -1.10. The molecule has 45 heavy (non-hydrogen) atoms. The monoisotopic (exact) mass is 649 g/mol. The van der Waals surface area contributed by atoms with Crippen molar-refractivity contribution in [3.8, 4) is 11.3 Å². The number of amides is 2. The summed E-state index contributed by atoms with van der Waals surface area (Å²) < 4.78 is 0. The number of rotatable bonds is 9. The predicted octanol–water partition coefficient (Wildman–Crippen LogP) is 9.04. The summed E-state index contributed by atoms with van der Waals surface area (Å²) in [4.78, 5) is 44.1. The molecule has 2 amide bonds. The number of carbonyl (C=O) groups is 3. The van der Waals surface area contributed by atoms with E-state index in [1.807, 2.05) is 66.0 Å². The van der Waals surface area contributed by atoms with Crippen LogP contribution in [0.5, 0.6) is 0 Å². The molecular weight excluding hydrogens is 626 g/mol. The van der Waals surface area contributed by atoms with Crippen molar-refractivity contribution in [2.75, 3.05) is 10.6 Å². The minimum absolute atomic E-state index is 0.0630. The van der Waals surface area contributed by atoms with Crippen molar-refractivity contribution in [2.24, 2.45) is 0 Å². The number of aromatic carboxylic acids is 1. The van der Waals surface area contributed by atoms with Crippen LogP contribution in [0.2, 0.25) is 5.02 Å². The zero-order valence-electron chi connectivity index (χ0n) is 23.4. The molecule has 0 aliphatic carbocycles. The Balaban J connectivity index is 1.19. The van der Waals surface area contributed by atoms with Crippen molar-refractivity contribution in [1.29, 1.82) is 0 Å². The average Bonchev–Trinajstić information content (AvgIpc) is 3.52.